The van der Waals surface area contributed by atoms with Crippen molar-refractivity contribution in [1.82, 2.24) is 0 Å². The molecule has 1 aliphatic carbocycles. The number of hydrogen-bond donors (Lipinski definition) is 0. The van der Waals surface area contributed by atoms with Crippen LogP contribution >= 0.6 is 11.3 Å². The van der Waals surface area contributed by atoms with Crippen LogP contribution in [0, 0.1) is 16.0 Å². The number of aliphatic imine (C=N–C) groups is 1. The molecule has 0 aliphatic heterocycles. The van der Waals surface area contributed by atoms with Gasteiger partial charge in [0.1, 0.15) is 5.00 Å². The number of thiophene rings is 1. The Bertz CT molecular complexity index is 855. The number of ether oxygens (including phenoxy) is 1. The topological polar surface area (TPSA) is 81.8 Å². The van der Waals surface area contributed by atoms with Gasteiger partial charge in [-0.2, -0.15) is 0 Å². The zero-order valence-corrected chi connectivity index (χ0v) is 15.5. The third kappa shape index (κ3) is 3.83. The van der Waals surface area contributed by atoms with Gasteiger partial charge in [0.25, 0.3) is 5.69 Å². The average molecular weight is 372 g/mol. The average Bonchev–Trinajstić information content (AvgIpc) is 2.98. The van der Waals surface area contributed by atoms with E-state index in [0.29, 0.717) is 23.1 Å². The van der Waals surface area contributed by atoms with E-state index in [9.17, 15) is 14.9 Å². The van der Waals surface area contributed by atoms with Crippen LogP contribution in [0.15, 0.2) is 29.3 Å². The molecule has 1 heterocycles. The van der Waals surface area contributed by atoms with Crippen molar-refractivity contribution in [3.63, 3.8) is 0 Å². The molecule has 1 atom stereocenters. The SMILES string of the molecule is CCOC(=O)c1c(N=Cc2ccc([N+](=O)[O-])cc2)sc2c1CCC(C)C2. The van der Waals surface area contributed by atoms with E-state index in [1.807, 2.05) is 0 Å². The zero-order chi connectivity index (χ0) is 18.7. The van der Waals surface area contributed by atoms with Crippen LogP contribution in [0.3, 0.4) is 0 Å². The summed E-state index contributed by atoms with van der Waals surface area (Å²) < 4.78 is 5.23. The summed E-state index contributed by atoms with van der Waals surface area (Å²) in [5.41, 5.74) is 2.43. The standard InChI is InChI=1S/C19H20N2O4S/c1-3-25-19(22)17-15-9-4-12(2)10-16(15)26-18(17)20-11-13-5-7-14(8-6-13)21(23)24/h5-8,11-12H,3-4,9-10H2,1-2H3. The number of nitrogens with zero attached hydrogens (tertiary/aromatic N) is 2. The molecule has 0 spiro atoms. The first kappa shape index (κ1) is 18.3. The molecule has 0 saturated carbocycles. The summed E-state index contributed by atoms with van der Waals surface area (Å²) in [7, 11) is 0. The van der Waals surface area contributed by atoms with E-state index in [0.717, 1.165) is 30.4 Å². The van der Waals surface area contributed by atoms with Crippen molar-refractivity contribution < 1.29 is 14.5 Å². The van der Waals surface area contributed by atoms with Gasteiger partial charge in [-0.1, -0.05) is 6.92 Å². The Labute approximate surface area is 155 Å². The molecule has 0 fully saturated rings. The lowest BCUT2D eigenvalue weighted by Gasteiger charge is -2.18. The molecule has 1 aliphatic rings. The highest BCUT2D eigenvalue weighted by Gasteiger charge is 2.28. The maximum Gasteiger partial charge on any atom is 0.341 e. The highest BCUT2D eigenvalue weighted by atomic mass is 32.1. The fourth-order valence-corrected chi connectivity index (χ4v) is 4.40. The molecule has 0 bridgehead atoms. The van der Waals surface area contributed by atoms with E-state index in [2.05, 4.69) is 11.9 Å². The second-order valence-corrected chi connectivity index (χ2v) is 7.44. The molecule has 6 nitrogen and oxygen atoms in total. The highest BCUT2D eigenvalue weighted by Crippen LogP contribution is 2.41. The molecule has 0 saturated heterocycles. The molecule has 7 heteroatoms. The second-order valence-electron chi connectivity index (χ2n) is 6.36. The second kappa shape index (κ2) is 7.78. The predicted octanol–water partition coefficient (Wildman–Crippen LogP) is 4.71. The smallest absolute Gasteiger partial charge is 0.341 e. The molecule has 0 N–H and O–H groups in total. The summed E-state index contributed by atoms with van der Waals surface area (Å²) in [6, 6.07) is 6.16. The van der Waals surface area contributed by atoms with Gasteiger partial charge in [0.2, 0.25) is 0 Å². The van der Waals surface area contributed by atoms with Crippen molar-refractivity contribution in [2.45, 2.75) is 33.1 Å². The number of rotatable bonds is 5. The van der Waals surface area contributed by atoms with Crippen LogP contribution in [-0.4, -0.2) is 23.7 Å². The lowest BCUT2D eigenvalue weighted by molar-refractivity contribution is -0.384. The molecule has 1 aromatic carbocycles. The maximum atomic E-state index is 12.4. The number of nitro benzene ring substituents is 1. The van der Waals surface area contributed by atoms with Crippen LogP contribution in [0.1, 0.15) is 46.6 Å². The molecule has 3 rings (SSSR count). The van der Waals surface area contributed by atoms with Crippen molar-refractivity contribution in [1.29, 1.82) is 0 Å². The van der Waals surface area contributed by atoms with Crippen molar-refractivity contribution in [2.24, 2.45) is 10.9 Å². The first-order valence-electron chi connectivity index (χ1n) is 8.59. The fourth-order valence-electron chi connectivity index (χ4n) is 3.06. The van der Waals surface area contributed by atoms with Crippen molar-refractivity contribution >= 4 is 34.2 Å². The Morgan fingerprint density at radius 2 is 2.15 bits per heavy atom. The van der Waals surface area contributed by atoms with Gasteiger partial charge >= 0.3 is 5.97 Å². The molecular weight excluding hydrogens is 352 g/mol. The molecule has 2 aromatic rings. The number of nitro groups is 1. The Morgan fingerprint density at radius 3 is 2.81 bits per heavy atom. The fraction of sp³-hybridized carbons (Fsp3) is 0.368. The van der Waals surface area contributed by atoms with Gasteiger partial charge in [-0.25, -0.2) is 9.79 Å². The first-order chi connectivity index (χ1) is 12.5. The van der Waals surface area contributed by atoms with Gasteiger partial charge in [0.05, 0.1) is 17.1 Å². The van der Waals surface area contributed by atoms with Crippen LogP contribution < -0.4 is 0 Å². The van der Waals surface area contributed by atoms with E-state index in [1.165, 1.54) is 17.0 Å². The summed E-state index contributed by atoms with van der Waals surface area (Å²) in [6.45, 7) is 4.33. The van der Waals surface area contributed by atoms with E-state index < -0.39 is 4.92 Å². The number of esters is 1. The minimum Gasteiger partial charge on any atom is -0.462 e. The predicted molar refractivity (Wildman–Crippen MR) is 102 cm³/mol. The minimum atomic E-state index is -0.436. The molecule has 0 amide bonds. The van der Waals surface area contributed by atoms with Crippen LogP contribution in [-0.2, 0) is 17.6 Å². The van der Waals surface area contributed by atoms with Gasteiger partial charge < -0.3 is 4.74 Å². The van der Waals surface area contributed by atoms with E-state index in [1.54, 1.807) is 36.6 Å². The largest absolute Gasteiger partial charge is 0.462 e. The molecule has 136 valence electrons. The lowest BCUT2D eigenvalue weighted by atomic mass is 9.88. The number of carbonyl (C=O) groups is 1. The monoisotopic (exact) mass is 372 g/mol. The first-order valence-corrected chi connectivity index (χ1v) is 9.41. The van der Waals surface area contributed by atoms with Gasteiger partial charge in [0, 0.05) is 23.2 Å². The summed E-state index contributed by atoms with van der Waals surface area (Å²) in [5, 5.41) is 11.4. The zero-order valence-electron chi connectivity index (χ0n) is 14.7. The Morgan fingerprint density at radius 1 is 1.42 bits per heavy atom. The molecule has 26 heavy (non-hydrogen) atoms. The van der Waals surface area contributed by atoms with Crippen LogP contribution in [0.25, 0.3) is 0 Å². The van der Waals surface area contributed by atoms with Crippen molar-refractivity contribution in [2.75, 3.05) is 6.61 Å². The molecule has 1 aromatic heterocycles. The summed E-state index contributed by atoms with van der Waals surface area (Å²) in [5.74, 6) is 0.276. The van der Waals surface area contributed by atoms with E-state index in [-0.39, 0.29) is 11.7 Å². The van der Waals surface area contributed by atoms with Crippen LogP contribution in [0.4, 0.5) is 10.7 Å². The Kier molecular flexibility index (Phi) is 5.46. The van der Waals surface area contributed by atoms with Crippen molar-refractivity contribution in [3.8, 4) is 0 Å². The summed E-state index contributed by atoms with van der Waals surface area (Å²) in [4.78, 5) is 28.5. The molecular formula is C19H20N2O4S. The van der Waals surface area contributed by atoms with Gasteiger partial charge in [0.15, 0.2) is 0 Å². The summed E-state index contributed by atoms with van der Waals surface area (Å²) >= 11 is 1.54. The van der Waals surface area contributed by atoms with Crippen LogP contribution in [0.5, 0.6) is 0 Å². The number of fused-ring (bicyclic) bond motifs is 1. The quantitative estimate of drug-likeness (QED) is 0.329. The third-order valence-electron chi connectivity index (χ3n) is 4.41. The lowest BCUT2D eigenvalue weighted by Crippen LogP contribution is -2.13. The van der Waals surface area contributed by atoms with Gasteiger partial charge in [-0.15, -0.1) is 11.3 Å². The van der Waals surface area contributed by atoms with Gasteiger partial charge in [-0.3, -0.25) is 10.1 Å². The third-order valence-corrected chi connectivity index (χ3v) is 5.57. The molecule has 1 unspecified atom stereocenters. The maximum absolute atomic E-state index is 12.4. The minimum absolute atomic E-state index is 0.0370. The molecule has 0 radical (unpaired) electrons. The normalized spacial score (nSPS) is 16.5. The van der Waals surface area contributed by atoms with Crippen LogP contribution in [0.2, 0.25) is 0 Å². The van der Waals surface area contributed by atoms with E-state index in [4.69, 9.17) is 4.74 Å². The number of benzene rings is 1. The number of carbonyl (C=O) groups excluding carboxylic acids is 1. The Balaban J connectivity index is 1.93. The van der Waals surface area contributed by atoms with Gasteiger partial charge in [-0.05, 0) is 55.4 Å². The number of non-ortho nitro benzene ring substituents is 1. The Hall–Kier alpha value is -2.54. The number of hydrogen-bond acceptors (Lipinski definition) is 6. The highest BCUT2D eigenvalue weighted by molar-refractivity contribution is 7.16. The van der Waals surface area contributed by atoms with E-state index >= 15 is 0 Å². The summed E-state index contributed by atoms with van der Waals surface area (Å²) in [6.07, 6.45) is 4.52. The van der Waals surface area contributed by atoms with Crippen molar-refractivity contribution in [3.05, 3.63) is 55.9 Å².